The monoisotopic (exact) mass is 321 g/mol. The number of nitrogens with zero attached hydrogens (tertiary/aromatic N) is 4. The number of nitrogens with one attached hydrogen (secondary N) is 1. The average molecular weight is 321 g/mol. The first kappa shape index (κ1) is 15.9. The molecule has 0 bridgehead atoms. The van der Waals surface area contributed by atoms with Gasteiger partial charge in [0, 0.05) is 37.2 Å². The van der Waals surface area contributed by atoms with E-state index in [9.17, 15) is 4.79 Å². The van der Waals surface area contributed by atoms with Crippen LogP contribution in [-0.4, -0.2) is 32.0 Å². The normalized spacial score (nSPS) is 10.5. The Morgan fingerprint density at radius 1 is 1.21 bits per heavy atom. The van der Waals surface area contributed by atoms with E-state index in [0.717, 1.165) is 24.4 Å². The Labute approximate surface area is 140 Å². The summed E-state index contributed by atoms with van der Waals surface area (Å²) in [7, 11) is 0. The van der Waals surface area contributed by atoms with E-state index in [0.29, 0.717) is 17.8 Å². The fraction of sp³-hybridized carbons (Fsp3) is 0.222. The van der Waals surface area contributed by atoms with Gasteiger partial charge in [-0.05, 0) is 13.3 Å². The van der Waals surface area contributed by atoms with E-state index in [4.69, 9.17) is 0 Å². The maximum atomic E-state index is 12.5. The Morgan fingerprint density at radius 2 is 2.04 bits per heavy atom. The third kappa shape index (κ3) is 3.65. The molecule has 0 spiro atoms. The first-order valence-corrected chi connectivity index (χ1v) is 7.87. The quantitative estimate of drug-likeness (QED) is 0.708. The summed E-state index contributed by atoms with van der Waals surface area (Å²) in [6, 6.07) is 9.64. The van der Waals surface area contributed by atoms with E-state index in [2.05, 4.69) is 24.8 Å². The van der Waals surface area contributed by atoms with Crippen LogP contribution in [0.25, 0.3) is 11.3 Å². The Bertz CT molecular complexity index is 813. The van der Waals surface area contributed by atoms with Crippen LogP contribution in [0, 0.1) is 6.92 Å². The van der Waals surface area contributed by atoms with E-state index in [1.807, 2.05) is 43.5 Å². The van der Waals surface area contributed by atoms with Crippen LogP contribution >= 0.6 is 0 Å². The van der Waals surface area contributed by atoms with Crippen LogP contribution in [0.3, 0.4) is 0 Å². The molecular formula is C18H19N5O. The lowest BCUT2D eigenvalue weighted by Gasteiger charge is -2.09. The zero-order valence-electron chi connectivity index (χ0n) is 13.5. The molecule has 1 amide bonds. The van der Waals surface area contributed by atoms with Crippen molar-refractivity contribution in [1.29, 1.82) is 0 Å². The molecule has 0 aliphatic heterocycles. The predicted octanol–water partition coefficient (Wildman–Crippen LogP) is 2.47. The zero-order valence-corrected chi connectivity index (χ0v) is 13.5. The minimum Gasteiger partial charge on any atom is -0.352 e. The molecule has 0 saturated heterocycles. The summed E-state index contributed by atoms with van der Waals surface area (Å²) >= 11 is 0. The summed E-state index contributed by atoms with van der Waals surface area (Å²) in [6.45, 7) is 3.37. The molecule has 6 nitrogen and oxygen atoms in total. The molecule has 24 heavy (non-hydrogen) atoms. The highest BCUT2D eigenvalue weighted by Gasteiger charge is 2.13. The van der Waals surface area contributed by atoms with Gasteiger partial charge in [0.05, 0.1) is 11.3 Å². The van der Waals surface area contributed by atoms with Crippen molar-refractivity contribution in [2.45, 2.75) is 19.9 Å². The van der Waals surface area contributed by atoms with Crippen molar-refractivity contribution in [1.82, 2.24) is 24.8 Å². The summed E-state index contributed by atoms with van der Waals surface area (Å²) in [5.41, 5.74) is 2.04. The van der Waals surface area contributed by atoms with Crippen LogP contribution in [0.2, 0.25) is 0 Å². The third-order valence-electron chi connectivity index (χ3n) is 3.79. The van der Waals surface area contributed by atoms with Crippen molar-refractivity contribution in [3.8, 4) is 11.3 Å². The number of aromatic nitrogens is 4. The summed E-state index contributed by atoms with van der Waals surface area (Å²) in [5.74, 6) is 0.820. The van der Waals surface area contributed by atoms with E-state index < -0.39 is 0 Å². The lowest BCUT2D eigenvalue weighted by Crippen LogP contribution is -2.26. The smallest absolute Gasteiger partial charge is 0.255 e. The third-order valence-corrected chi connectivity index (χ3v) is 3.79. The van der Waals surface area contributed by atoms with Crippen molar-refractivity contribution >= 4 is 5.91 Å². The number of carbonyl (C=O) groups is 1. The van der Waals surface area contributed by atoms with Gasteiger partial charge in [-0.25, -0.2) is 15.0 Å². The Hall–Kier alpha value is -3.02. The summed E-state index contributed by atoms with van der Waals surface area (Å²) in [4.78, 5) is 24.9. The van der Waals surface area contributed by atoms with Crippen LogP contribution < -0.4 is 5.32 Å². The number of rotatable bonds is 6. The minimum absolute atomic E-state index is 0.156. The van der Waals surface area contributed by atoms with Gasteiger partial charge >= 0.3 is 0 Å². The van der Waals surface area contributed by atoms with Crippen LogP contribution in [-0.2, 0) is 6.54 Å². The van der Waals surface area contributed by atoms with Gasteiger partial charge in [-0.1, -0.05) is 30.3 Å². The van der Waals surface area contributed by atoms with E-state index in [1.54, 1.807) is 12.4 Å². The molecule has 0 atom stereocenters. The predicted molar refractivity (Wildman–Crippen MR) is 91.4 cm³/mol. The molecule has 0 aliphatic rings. The highest BCUT2D eigenvalue weighted by Crippen LogP contribution is 2.19. The topological polar surface area (TPSA) is 72.7 Å². The minimum atomic E-state index is -0.156. The molecular weight excluding hydrogens is 302 g/mol. The lowest BCUT2D eigenvalue weighted by atomic mass is 10.1. The molecule has 3 rings (SSSR count). The molecule has 2 aromatic heterocycles. The molecule has 0 radical (unpaired) electrons. The molecule has 0 unspecified atom stereocenters. The van der Waals surface area contributed by atoms with Gasteiger partial charge in [0.2, 0.25) is 0 Å². The van der Waals surface area contributed by atoms with Crippen molar-refractivity contribution in [2.75, 3.05) is 6.54 Å². The maximum absolute atomic E-state index is 12.5. The van der Waals surface area contributed by atoms with Crippen molar-refractivity contribution in [2.24, 2.45) is 0 Å². The van der Waals surface area contributed by atoms with Crippen molar-refractivity contribution in [3.05, 3.63) is 66.6 Å². The number of amides is 1. The fourth-order valence-electron chi connectivity index (χ4n) is 2.51. The van der Waals surface area contributed by atoms with Crippen LogP contribution in [0.5, 0.6) is 0 Å². The molecule has 2 heterocycles. The number of carbonyl (C=O) groups excluding carboxylic acids is 1. The maximum Gasteiger partial charge on any atom is 0.255 e. The summed E-state index contributed by atoms with van der Waals surface area (Å²) in [6.07, 6.45) is 7.57. The van der Waals surface area contributed by atoms with E-state index in [1.165, 1.54) is 6.33 Å². The Balaban J connectivity index is 1.62. The molecule has 0 saturated carbocycles. The Morgan fingerprint density at radius 3 is 2.79 bits per heavy atom. The first-order valence-electron chi connectivity index (χ1n) is 7.87. The molecule has 1 N–H and O–H groups in total. The summed E-state index contributed by atoms with van der Waals surface area (Å²) < 4.78 is 2.06. The summed E-state index contributed by atoms with van der Waals surface area (Å²) in [5, 5.41) is 2.94. The molecule has 0 fully saturated rings. The SMILES string of the molecule is Cc1nccn1CCCNC(=O)c1cncnc1-c1ccccc1. The van der Waals surface area contributed by atoms with E-state index >= 15 is 0 Å². The highest BCUT2D eigenvalue weighted by atomic mass is 16.1. The zero-order chi connectivity index (χ0) is 16.8. The molecule has 0 aliphatic carbocycles. The number of hydrogen-bond acceptors (Lipinski definition) is 4. The van der Waals surface area contributed by atoms with Gasteiger partial charge in [0.25, 0.3) is 5.91 Å². The standard InChI is InChI=1S/C18H19N5O/c1-14-20-9-11-23(14)10-5-8-21-18(24)16-12-19-13-22-17(16)15-6-3-2-4-7-15/h2-4,6-7,9,11-13H,5,8,10H2,1H3,(H,21,24). The highest BCUT2D eigenvalue weighted by molar-refractivity contribution is 5.99. The number of aryl methyl sites for hydroxylation is 2. The average Bonchev–Trinajstić information content (AvgIpc) is 3.04. The largest absolute Gasteiger partial charge is 0.352 e. The van der Waals surface area contributed by atoms with E-state index in [-0.39, 0.29) is 5.91 Å². The van der Waals surface area contributed by atoms with Gasteiger partial charge in [-0.2, -0.15) is 0 Å². The molecule has 1 aromatic carbocycles. The van der Waals surface area contributed by atoms with Gasteiger partial charge in [-0.15, -0.1) is 0 Å². The van der Waals surface area contributed by atoms with Crippen LogP contribution in [0.15, 0.2) is 55.2 Å². The number of benzene rings is 1. The van der Waals surface area contributed by atoms with Gasteiger partial charge in [0.1, 0.15) is 12.2 Å². The second kappa shape index (κ2) is 7.50. The van der Waals surface area contributed by atoms with Crippen molar-refractivity contribution in [3.63, 3.8) is 0 Å². The van der Waals surface area contributed by atoms with Crippen molar-refractivity contribution < 1.29 is 4.79 Å². The fourth-order valence-corrected chi connectivity index (χ4v) is 2.51. The Kier molecular flexibility index (Phi) is 4.96. The van der Waals surface area contributed by atoms with Crippen LogP contribution in [0.4, 0.5) is 0 Å². The molecule has 3 aromatic rings. The second-order valence-electron chi connectivity index (χ2n) is 5.43. The van der Waals surface area contributed by atoms with Gasteiger partial charge in [0.15, 0.2) is 0 Å². The van der Waals surface area contributed by atoms with Gasteiger partial charge < -0.3 is 9.88 Å². The first-order chi connectivity index (χ1) is 11.8. The lowest BCUT2D eigenvalue weighted by molar-refractivity contribution is 0.0952. The molecule has 122 valence electrons. The van der Waals surface area contributed by atoms with Gasteiger partial charge in [-0.3, -0.25) is 4.79 Å². The second-order valence-corrected chi connectivity index (χ2v) is 5.43. The number of hydrogen-bond donors (Lipinski definition) is 1. The van der Waals surface area contributed by atoms with Crippen LogP contribution in [0.1, 0.15) is 22.6 Å². The number of imidazole rings is 1. The molecule has 6 heteroatoms.